The van der Waals surface area contributed by atoms with Crippen LogP contribution in [-0.4, -0.2) is 18.2 Å². The summed E-state index contributed by atoms with van der Waals surface area (Å²) in [7, 11) is 1.18. The van der Waals surface area contributed by atoms with Crippen molar-refractivity contribution in [2.24, 2.45) is 5.73 Å². The summed E-state index contributed by atoms with van der Waals surface area (Å²) in [6.45, 7) is -0.523. The second-order valence-corrected chi connectivity index (χ2v) is 6.24. The molecule has 3 rings (SSSR count). The fourth-order valence-corrected chi connectivity index (χ4v) is 3.13. The molecule has 0 fully saturated rings. The number of carbonyl (C=O) groups is 1. The second kappa shape index (κ2) is 7.03. The van der Waals surface area contributed by atoms with Gasteiger partial charge in [-0.1, -0.05) is 23.2 Å². The molecule has 0 unspecified atom stereocenters. The van der Waals surface area contributed by atoms with Gasteiger partial charge in [0, 0.05) is 16.1 Å². The highest BCUT2D eigenvalue weighted by Crippen LogP contribution is 2.44. The number of fused-ring (bicyclic) bond motifs is 1. The van der Waals surface area contributed by atoms with E-state index in [0.717, 1.165) is 6.07 Å². The molecule has 7 nitrogen and oxygen atoms in total. The van der Waals surface area contributed by atoms with Crippen LogP contribution in [0.25, 0.3) is 0 Å². The minimum atomic E-state index is -1.00. The van der Waals surface area contributed by atoms with Crippen molar-refractivity contribution in [1.29, 1.82) is 0 Å². The van der Waals surface area contributed by atoms with Crippen molar-refractivity contribution in [2.75, 3.05) is 7.11 Å². The number of carbonyl (C=O) groups excluding carboxylic acids is 1. The van der Waals surface area contributed by atoms with Gasteiger partial charge in [0.25, 0.3) is 0 Å². The molecule has 0 amide bonds. The molecule has 0 spiro atoms. The molecule has 1 aliphatic heterocycles. The fourth-order valence-electron chi connectivity index (χ4n) is 2.72. The van der Waals surface area contributed by atoms with Gasteiger partial charge in [-0.3, -0.25) is 4.79 Å². The zero-order chi connectivity index (χ0) is 19.0. The molecule has 1 atom stereocenters. The van der Waals surface area contributed by atoms with Crippen molar-refractivity contribution in [3.05, 3.63) is 73.1 Å². The number of rotatable bonds is 3. The Morgan fingerprint density at radius 3 is 2.73 bits per heavy atom. The van der Waals surface area contributed by atoms with Gasteiger partial charge in [0.2, 0.25) is 17.1 Å². The summed E-state index contributed by atoms with van der Waals surface area (Å²) in [4.78, 5) is 24.6. The molecule has 2 aromatic rings. The number of aliphatic hydroxyl groups is 1. The van der Waals surface area contributed by atoms with E-state index in [2.05, 4.69) is 0 Å². The smallest absolute Gasteiger partial charge is 0.340 e. The highest BCUT2D eigenvalue weighted by atomic mass is 35.5. The predicted octanol–water partition coefficient (Wildman–Crippen LogP) is 2.31. The first-order chi connectivity index (χ1) is 12.4. The minimum absolute atomic E-state index is 0.00909. The summed E-state index contributed by atoms with van der Waals surface area (Å²) in [5.41, 5.74) is 5.58. The summed E-state index contributed by atoms with van der Waals surface area (Å²) >= 11 is 12.4. The Morgan fingerprint density at radius 1 is 1.35 bits per heavy atom. The lowest BCUT2D eigenvalue weighted by Gasteiger charge is -2.27. The molecule has 1 aliphatic rings. The van der Waals surface area contributed by atoms with Gasteiger partial charge >= 0.3 is 5.97 Å². The molecule has 0 aliphatic carbocycles. The molecule has 0 saturated heterocycles. The van der Waals surface area contributed by atoms with E-state index in [0.29, 0.717) is 10.6 Å². The number of halogens is 2. The molecule has 9 heteroatoms. The lowest BCUT2D eigenvalue weighted by atomic mass is 9.86. The molecule has 136 valence electrons. The fraction of sp³-hybridized carbons (Fsp3) is 0.176. The lowest BCUT2D eigenvalue weighted by Crippen LogP contribution is -2.30. The topological polar surface area (TPSA) is 112 Å². The highest BCUT2D eigenvalue weighted by molar-refractivity contribution is 6.33. The third-order valence-electron chi connectivity index (χ3n) is 3.84. The largest absolute Gasteiger partial charge is 0.465 e. The van der Waals surface area contributed by atoms with Gasteiger partial charge < -0.3 is 24.7 Å². The van der Waals surface area contributed by atoms with Gasteiger partial charge in [-0.2, -0.15) is 0 Å². The van der Waals surface area contributed by atoms with E-state index in [4.69, 9.17) is 42.8 Å². The van der Waals surface area contributed by atoms with E-state index in [1.165, 1.54) is 19.2 Å². The lowest BCUT2D eigenvalue weighted by molar-refractivity contribution is -0.136. The molecule has 26 heavy (non-hydrogen) atoms. The maximum absolute atomic E-state index is 12.3. The predicted molar refractivity (Wildman–Crippen MR) is 93.1 cm³/mol. The Labute approximate surface area is 157 Å². The van der Waals surface area contributed by atoms with Crippen molar-refractivity contribution in [1.82, 2.24) is 0 Å². The maximum atomic E-state index is 12.3. The first kappa shape index (κ1) is 18.3. The van der Waals surface area contributed by atoms with Crippen LogP contribution in [0.4, 0.5) is 0 Å². The number of ether oxygens (including phenoxy) is 2. The van der Waals surface area contributed by atoms with E-state index in [1.54, 1.807) is 6.07 Å². The number of aliphatic hydroxyl groups excluding tert-OH is 1. The van der Waals surface area contributed by atoms with Crippen LogP contribution in [0.15, 0.2) is 44.9 Å². The molecule has 0 saturated carbocycles. The SMILES string of the molecule is COC(=O)C1=C(N)Oc2c(oc(CO)cc2=O)[C@H]1c1cc(Cl)ccc1Cl. The van der Waals surface area contributed by atoms with Crippen molar-refractivity contribution in [3.8, 4) is 5.75 Å². The Morgan fingerprint density at radius 2 is 2.08 bits per heavy atom. The van der Waals surface area contributed by atoms with Gasteiger partial charge in [0.15, 0.2) is 5.76 Å². The number of methoxy groups -OCH3 is 1. The van der Waals surface area contributed by atoms with Crippen LogP contribution >= 0.6 is 23.2 Å². The van der Waals surface area contributed by atoms with E-state index in [1.807, 2.05) is 0 Å². The zero-order valence-corrected chi connectivity index (χ0v) is 14.9. The second-order valence-electron chi connectivity index (χ2n) is 5.40. The van der Waals surface area contributed by atoms with Crippen molar-refractivity contribution in [2.45, 2.75) is 12.5 Å². The maximum Gasteiger partial charge on any atom is 0.340 e. The molecule has 0 radical (unpaired) electrons. The molecule has 1 aromatic carbocycles. The number of esters is 1. The average Bonchev–Trinajstić information content (AvgIpc) is 2.62. The van der Waals surface area contributed by atoms with Crippen LogP contribution in [0.1, 0.15) is 23.0 Å². The van der Waals surface area contributed by atoms with Crippen LogP contribution in [0.2, 0.25) is 10.0 Å². The van der Waals surface area contributed by atoms with Gasteiger partial charge in [0.1, 0.15) is 17.9 Å². The van der Waals surface area contributed by atoms with Gasteiger partial charge in [0.05, 0.1) is 13.0 Å². The van der Waals surface area contributed by atoms with Crippen LogP contribution in [-0.2, 0) is 16.1 Å². The van der Waals surface area contributed by atoms with E-state index in [9.17, 15) is 14.7 Å². The Hall–Kier alpha value is -2.48. The van der Waals surface area contributed by atoms with Crippen LogP contribution in [0.5, 0.6) is 5.75 Å². The zero-order valence-electron chi connectivity index (χ0n) is 13.4. The summed E-state index contributed by atoms with van der Waals surface area (Å²) in [5.74, 6) is -2.34. The van der Waals surface area contributed by atoms with Crippen molar-refractivity contribution < 1.29 is 23.8 Å². The van der Waals surface area contributed by atoms with Crippen molar-refractivity contribution >= 4 is 29.2 Å². The Kier molecular flexibility index (Phi) is 4.95. The van der Waals surface area contributed by atoms with Crippen LogP contribution in [0, 0.1) is 0 Å². The summed E-state index contributed by atoms with van der Waals surface area (Å²) in [6, 6.07) is 5.70. The van der Waals surface area contributed by atoms with E-state index >= 15 is 0 Å². The first-order valence-electron chi connectivity index (χ1n) is 7.35. The Bertz CT molecular complexity index is 982. The molecule has 3 N–H and O–H groups in total. The number of nitrogens with two attached hydrogens (primary N) is 1. The van der Waals surface area contributed by atoms with Gasteiger partial charge in [-0.25, -0.2) is 4.79 Å². The number of hydrogen-bond donors (Lipinski definition) is 2. The first-order valence-corrected chi connectivity index (χ1v) is 8.11. The number of hydrogen-bond acceptors (Lipinski definition) is 7. The standard InChI is InChI=1S/C17H13Cl2NO6/c1-24-17(23)13-12(9-4-7(18)2-3-10(9)19)15-14(26-16(13)20)11(22)5-8(6-21)25-15/h2-5,12,21H,6,20H2,1H3/t12-/m0/s1. The number of benzene rings is 1. The highest BCUT2D eigenvalue weighted by Gasteiger charge is 2.40. The third-order valence-corrected chi connectivity index (χ3v) is 4.42. The van der Waals surface area contributed by atoms with E-state index < -0.39 is 23.9 Å². The summed E-state index contributed by atoms with van der Waals surface area (Å²) < 4.78 is 15.7. The van der Waals surface area contributed by atoms with Gasteiger partial charge in [-0.15, -0.1) is 0 Å². The quantitative estimate of drug-likeness (QED) is 0.763. The molecule has 0 bridgehead atoms. The summed E-state index contributed by atoms with van der Waals surface area (Å²) in [6.07, 6.45) is 0. The monoisotopic (exact) mass is 397 g/mol. The van der Waals surface area contributed by atoms with Crippen LogP contribution in [0.3, 0.4) is 0 Å². The molecular weight excluding hydrogens is 385 g/mol. The average molecular weight is 398 g/mol. The molecule has 1 aromatic heterocycles. The summed E-state index contributed by atoms with van der Waals surface area (Å²) in [5, 5.41) is 9.95. The molecule has 2 heterocycles. The Balaban J connectivity index is 2.36. The van der Waals surface area contributed by atoms with Crippen molar-refractivity contribution in [3.63, 3.8) is 0 Å². The normalized spacial score (nSPS) is 16.1. The minimum Gasteiger partial charge on any atom is -0.465 e. The van der Waals surface area contributed by atoms with Gasteiger partial charge in [-0.05, 0) is 23.8 Å². The van der Waals surface area contributed by atoms with Crippen LogP contribution < -0.4 is 15.9 Å². The van der Waals surface area contributed by atoms with E-state index in [-0.39, 0.29) is 33.7 Å². The third kappa shape index (κ3) is 3.05. The molecular formula is C17H13Cl2NO6.